The van der Waals surface area contributed by atoms with E-state index in [4.69, 9.17) is 5.41 Å². The van der Waals surface area contributed by atoms with Crippen LogP contribution in [0.3, 0.4) is 0 Å². The van der Waals surface area contributed by atoms with Crippen molar-refractivity contribution < 1.29 is 72.4 Å². The third-order valence-corrected chi connectivity index (χ3v) is 0.0861. The Morgan fingerprint density at radius 3 is 1.27 bits per heavy atom. The van der Waals surface area contributed by atoms with Crippen molar-refractivity contribution >= 4 is 6.21 Å². The Hall–Kier alpha value is 1.73. The first-order valence-corrected chi connectivity index (χ1v) is 4.28. The van der Waals surface area contributed by atoms with Crippen molar-refractivity contribution in [2.45, 2.75) is 41.5 Å². The molecule has 0 aromatic carbocycles. The molecule has 0 aromatic heterocycles. The van der Waals surface area contributed by atoms with Crippen LogP contribution in [0, 0.1) is 24.8 Å². The van der Waals surface area contributed by atoms with Crippen LogP contribution in [-0.4, -0.2) is 6.21 Å². The maximum atomic E-state index is 7.57. The van der Waals surface area contributed by atoms with Crippen molar-refractivity contribution in [3.05, 3.63) is 30.9 Å². The van der Waals surface area contributed by atoms with Crippen LogP contribution in [0.25, 0.3) is 5.41 Å². The summed E-state index contributed by atoms with van der Waals surface area (Å²) in [6.45, 7) is 20.8. The summed E-state index contributed by atoms with van der Waals surface area (Å²) in [6.07, 6.45) is 1.83. The Balaban J connectivity index is -0.0000000315. The third kappa shape index (κ3) is 397. The summed E-state index contributed by atoms with van der Waals surface area (Å²) in [7, 11) is 0. The summed E-state index contributed by atoms with van der Waals surface area (Å²) < 4.78 is 0. The zero-order valence-electron chi connectivity index (χ0n) is 11.3. The van der Waals surface area contributed by atoms with E-state index in [9.17, 15) is 0 Å². The Kier molecular flexibility index (Phi) is 42.3. The zero-order chi connectivity index (χ0) is 11.5. The Labute approximate surface area is 154 Å². The second kappa shape index (κ2) is 21.1. The van der Waals surface area contributed by atoms with Crippen molar-refractivity contribution in [1.29, 1.82) is 0 Å². The molecule has 0 spiro atoms. The second-order valence-corrected chi connectivity index (χ2v) is 4.40. The van der Waals surface area contributed by atoms with Crippen molar-refractivity contribution in [2.75, 3.05) is 0 Å². The van der Waals surface area contributed by atoms with E-state index in [0.717, 1.165) is 12.3 Å². The first-order chi connectivity index (χ1) is 5.65. The zero-order valence-corrected chi connectivity index (χ0v) is 17.4. The van der Waals surface area contributed by atoms with Gasteiger partial charge in [-0.2, -0.15) is 26.2 Å². The van der Waals surface area contributed by atoms with Gasteiger partial charge in [0.05, 0.1) is 0 Å². The van der Waals surface area contributed by atoms with Gasteiger partial charge >= 0.3 is 72.4 Å². The van der Waals surface area contributed by atoms with Crippen molar-refractivity contribution in [3.8, 4) is 0 Å². The van der Waals surface area contributed by atoms with Crippen LogP contribution >= 0.6 is 0 Å². The minimum absolute atomic E-state index is 0. The average molecular weight is 404 g/mol. The number of nitrogens with zero attached hydrogens (tertiary/aromatic N) is 1. The summed E-state index contributed by atoms with van der Waals surface area (Å²) >= 11 is 0. The van der Waals surface area contributed by atoms with Crippen molar-refractivity contribution in [1.82, 2.24) is 0 Å². The van der Waals surface area contributed by atoms with Gasteiger partial charge in [0.2, 0.25) is 0 Å². The van der Waals surface area contributed by atoms with Gasteiger partial charge < -0.3 is 24.5 Å². The quantitative estimate of drug-likeness (QED) is 0.355. The summed E-state index contributed by atoms with van der Waals surface area (Å²) in [6, 6.07) is 0. The first kappa shape index (κ1) is 30.1. The summed E-state index contributed by atoms with van der Waals surface area (Å²) in [4.78, 5) is 0. The third-order valence-electron chi connectivity index (χ3n) is 0.0861. The van der Waals surface area contributed by atoms with Crippen molar-refractivity contribution in [3.63, 3.8) is 0 Å². The van der Waals surface area contributed by atoms with Crippen LogP contribution < -0.4 is 51.4 Å². The average Bonchev–Trinajstić information content (AvgIpc) is 1.82. The standard InChI is InChI=1S/C5H11.C4H9.C3H3N.K.W/c1-5(2,3)4;1-4(2)3;1-2-3-4;;/h1H2,2-4H3;1-3H3;1-3H;;/q2*-1;-2;+1;+2. The molecule has 3 heteroatoms. The predicted molar refractivity (Wildman–Crippen MR) is 63.4 cm³/mol. The molecule has 0 bridgehead atoms. The summed E-state index contributed by atoms with van der Waals surface area (Å²) in [5.74, 6) is 1.42. The fourth-order valence-electron chi connectivity index (χ4n) is 0. The van der Waals surface area contributed by atoms with Gasteiger partial charge in [0.1, 0.15) is 0 Å². The fourth-order valence-corrected chi connectivity index (χ4v) is 0. The van der Waals surface area contributed by atoms with Crippen LogP contribution in [0.5, 0.6) is 0 Å². The molecule has 0 saturated heterocycles. The van der Waals surface area contributed by atoms with Gasteiger partial charge in [0, 0.05) is 0 Å². The SMILES string of the molecule is C[C-](C)C.[CH-]=CC=[N-].[CH2-]C(C)(C)C.[K+].[W+2]. The minimum atomic E-state index is 0. The maximum absolute atomic E-state index is 7.57. The normalized spacial score (nSPS) is 7.73. The monoisotopic (exact) mass is 404 g/mol. The van der Waals surface area contributed by atoms with Crippen LogP contribution in [0.1, 0.15) is 41.5 Å². The second-order valence-electron chi connectivity index (χ2n) is 4.40. The molecule has 0 saturated carbocycles. The summed E-state index contributed by atoms with van der Waals surface area (Å²) in [5.41, 5.74) is 0.250. The van der Waals surface area contributed by atoms with Crippen LogP contribution in [0.2, 0.25) is 0 Å². The van der Waals surface area contributed by atoms with Gasteiger partial charge in [-0.15, -0.1) is 0 Å². The molecule has 0 radical (unpaired) electrons. The van der Waals surface area contributed by atoms with Gasteiger partial charge in [0.25, 0.3) is 0 Å². The molecular weight excluding hydrogens is 381 g/mol. The number of hydrogen-bond acceptors (Lipinski definition) is 0. The van der Waals surface area contributed by atoms with Crippen LogP contribution in [0.4, 0.5) is 0 Å². The van der Waals surface area contributed by atoms with E-state index in [-0.39, 0.29) is 77.9 Å². The van der Waals surface area contributed by atoms with E-state index in [1.165, 1.54) is 5.92 Å². The van der Waals surface area contributed by atoms with Crippen molar-refractivity contribution in [2.24, 2.45) is 5.41 Å². The Morgan fingerprint density at radius 2 is 1.27 bits per heavy atom. The molecule has 0 amide bonds. The molecule has 0 unspecified atom stereocenters. The Morgan fingerprint density at radius 1 is 1.20 bits per heavy atom. The molecule has 0 aliphatic heterocycles. The van der Waals surface area contributed by atoms with E-state index in [2.05, 4.69) is 55.0 Å². The molecular formula is C12H23KNW-. The van der Waals surface area contributed by atoms with E-state index >= 15 is 0 Å². The van der Waals surface area contributed by atoms with E-state index in [1.807, 2.05) is 0 Å². The molecule has 0 aromatic rings. The smallest absolute Gasteiger partial charge is 0.911 e. The van der Waals surface area contributed by atoms with Crippen LogP contribution in [-0.2, 0) is 21.1 Å². The van der Waals surface area contributed by atoms with E-state index < -0.39 is 0 Å². The van der Waals surface area contributed by atoms with Gasteiger partial charge in [-0.25, -0.2) is 0 Å². The molecule has 15 heavy (non-hydrogen) atoms. The van der Waals surface area contributed by atoms with Gasteiger partial charge in [-0.3, -0.25) is 12.7 Å². The largest absolute Gasteiger partial charge is 2.00 e. The van der Waals surface area contributed by atoms with Gasteiger partial charge in [0.15, 0.2) is 0 Å². The molecule has 1 nitrogen and oxygen atoms in total. The summed E-state index contributed by atoms with van der Waals surface area (Å²) in [5, 5.41) is 7.57. The van der Waals surface area contributed by atoms with Crippen LogP contribution in [0.15, 0.2) is 6.08 Å². The molecule has 0 rings (SSSR count). The minimum Gasteiger partial charge on any atom is -0.911 e. The van der Waals surface area contributed by atoms with E-state index in [1.54, 1.807) is 0 Å². The molecule has 84 valence electrons. The number of hydrogen-bond donors (Lipinski definition) is 0. The maximum Gasteiger partial charge on any atom is 2.00 e. The molecule has 0 heterocycles. The van der Waals surface area contributed by atoms with Gasteiger partial charge in [-0.1, -0.05) is 20.8 Å². The molecule has 0 N–H and O–H groups in total. The number of allylic oxidation sites excluding steroid dienone is 1. The fraction of sp³-hybridized carbons (Fsp3) is 0.583. The first-order valence-electron chi connectivity index (χ1n) is 4.28. The van der Waals surface area contributed by atoms with Gasteiger partial charge in [-0.05, 0) is 0 Å². The predicted octanol–water partition coefficient (Wildman–Crippen LogP) is 1.10. The topological polar surface area (TPSA) is 22.3 Å². The molecule has 0 aliphatic carbocycles. The number of rotatable bonds is 1. The molecule has 0 atom stereocenters. The molecule has 0 fully saturated rings. The molecule has 0 aliphatic rings. The van der Waals surface area contributed by atoms with E-state index in [0.29, 0.717) is 0 Å². The Bertz CT molecular complexity index is 103.